The third kappa shape index (κ3) is 7.08. The molecule has 0 N–H and O–H groups in total. The van der Waals surface area contributed by atoms with Crippen molar-refractivity contribution in [3.63, 3.8) is 0 Å². The van der Waals surface area contributed by atoms with Crippen LogP contribution in [0, 0.1) is 0 Å². The molecule has 0 amide bonds. The number of rotatable bonds is 8. The Hall–Kier alpha value is -8.18. The molecule has 0 fully saturated rings. The Balaban J connectivity index is 0.000000148. The fourth-order valence-electron chi connectivity index (χ4n) is 11.8. The van der Waals surface area contributed by atoms with Crippen molar-refractivity contribution in [3.05, 3.63) is 266 Å². The molecule has 0 radical (unpaired) electrons. The van der Waals surface area contributed by atoms with E-state index in [-0.39, 0.29) is 28.5 Å². The van der Waals surface area contributed by atoms with Gasteiger partial charge in [0.25, 0.3) is 0 Å². The first-order valence-corrected chi connectivity index (χ1v) is 31.6. The van der Waals surface area contributed by atoms with Gasteiger partial charge >= 0.3 is 0 Å². The highest BCUT2D eigenvalue weighted by atomic mass is 32.2. The van der Waals surface area contributed by atoms with Crippen molar-refractivity contribution in [2.45, 2.75) is 19.6 Å². The molecule has 14 rings (SSSR count). The van der Waals surface area contributed by atoms with E-state index in [0.717, 1.165) is 22.8 Å². The molecule has 0 aromatic heterocycles. The maximum absolute atomic E-state index is 15.5. The van der Waals surface area contributed by atoms with Gasteiger partial charge in [-0.15, -0.1) is 0 Å². The zero-order valence-electron chi connectivity index (χ0n) is 42.2. The van der Waals surface area contributed by atoms with Crippen LogP contribution in [0.25, 0.3) is 0 Å². The number of sulfone groups is 2. The van der Waals surface area contributed by atoms with Crippen molar-refractivity contribution in [3.8, 4) is 0 Å². The fourth-order valence-corrected chi connectivity index (χ4v) is 21.8. The van der Waals surface area contributed by atoms with Gasteiger partial charge < -0.3 is 9.13 Å². The standard InChI is InChI=1S/2C32H24N2O3PS/c1-34-28-19-11-12-20-29(28)39(36,37)30-22-26(21-27(31(30)34)33-32(34)23-13-5-2-6-14-23)38(35,24-15-7-3-8-16-24)25-17-9-4-10-18-25;1-34-27-19-11-12-20-29(27)39(36,37)31-28(22-21-26(30(31)34)33-32(34)23-13-5-2-6-14-23)38(35,24-15-7-3-8-16-24)25-17-9-4-10-18-25/h2*2-22H,1H3/q2*+1. The van der Waals surface area contributed by atoms with E-state index in [0.29, 0.717) is 66.0 Å². The maximum Gasteiger partial charge on any atom is 0.245 e. The number of nitrogens with zero attached hydrogens (tertiary/aromatic N) is 4. The summed E-state index contributed by atoms with van der Waals surface area (Å²) in [6.45, 7) is 0. The average Bonchev–Trinajstić information content (AvgIpc) is 2.62. The number of aliphatic imine (C=N–C) groups is 2. The average molecular weight is 1100 g/mol. The van der Waals surface area contributed by atoms with Crippen molar-refractivity contribution < 1.29 is 26.0 Å². The molecule has 10 aromatic rings. The quantitative estimate of drug-likeness (QED) is 0.110. The molecule has 78 heavy (non-hydrogen) atoms. The van der Waals surface area contributed by atoms with E-state index >= 15 is 9.13 Å². The molecule has 4 aliphatic rings. The summed E-state index contributed by atoms with van der Waals surface area (Å²) in [6.07, 6.45) is 0. The molecule has 2 unspecified atom stereocenters. The Morgan fingerprint density at radius 1 is 0.346 bits per heavy atom. The molecule has 0 bridgehead atoms. The van der Waals surface area contributed by atoms with Gasteiger partial charge in [0.2, 0.25) is 31.3 Å². The topological polar surface area (TPSA) is 127 Å². The molecule has 0 aliphatic carbocycles. The highest BCUT2D eigenvalue weighted by Gasteiger charge is 2.57. The van der Waals surface area contributed by atoms with Gasteiger partial charge in [-0.05, 0) is 60.7 Å². The van der Waals surface area contributed by atoms with Crippen molar-refractivity contribution in [2.24, 2.45) is 9.98 Å². The summed E-state index contributed by atoms with van der Waals surface area (Å²) in [5.74, 6) is 1.45. The van der Waals surface area contributed by atoms with Gasteiger partial charge in [0.1, 0.15) is 31.0 Å². The van der Waals surface area contributed by atoms with E-state index in [1.54, 1.807) is 36.4 Å². The first-order valence-electron chi connectivity index (χ1n) is 25.3. The molecule has 14 heteroatoms. The summed E-state index contributed by atoms with van der Waals surface area (Å²) in [7, 11) is -11.0. The fraction of sp³-hybridized carbons (Fsp3) is 0.0312. The van der Waals surface area contributed by atoms with E-state index in [1.807, 2.05) is 232 Å². The van der Waals surface area contributed by atoms with Crippen molar-refractivity contribution in [2.75, 3.05) is 14.1 Å². The Morgan fingerprint density at radius 3 is 1.18 bits per heavy atom. The van der Waals surface area contributed by atoms with Gasteiger partial charge in [0.05, 0.1) is 25.2 Å². The van der Waals surface area contributed by atoms with Crippen LogP contribution in [-0.2, 0) is 28.8 Å². The lowest BCUT2D eigenvalue weighted by atomic mass is 10.1. The van der Waals surface area contributed by atoms with Crippen molar-refractivity contribution >= 4 is 112 Å². The number of quaternary nitrogens is 2. The van der Waals surface area contributed by atoms with Crippen LogP contribution < -0.4 is 40.8 Å². The van der Waals surface area contributed by atoms with E-state index in [9.17, 15) is 16.8 Å². The smallest absolute Gasteiger partial charge is 0.245 e. The third-order valence-corrected chi connectivity index (χ3v) is 25.4. The molecule has 4 heterocycles. The molecular formula is C64H48N4O6P2S2+2. The van der Waals surface area contributed by atoms with Crippen LogP contribution in [0.3, 0.4) is 0 Å². The molecule has 2 atom stereocenters. The highest BCUT2D eigenvalue weighted by molar-refractivity contribution is 7.94. The molecule has 0 saturated carbocycles. The lowest BCUT2D eigenvalue weighted by Gasteiger charge is -2.37. The predicted molar refractivity (Wildman–Crippen MR) is 315 cm³/mol. The summed E-state index contributed by atoms with van der Waals surface area (Å²) in [6, 6.07) is 77.7. The number of amidine groups is 2. The Bertz CT molecular complexity index is 4410. The summed E-state index contributed by atoms with van der Waals surface area (Å²) in [4.78, 5) is 10.8. The number of benzene rings is 10. The highest BCUT2D eigenvalue weighted by Crippen LogP contribution is 2.60. The molecule has 10 nitrogen and oxygen atoms in total. The van der Waals surface area contributed by atoms with E-state index < -0.39 is 34.0 Å². The van der Waals surface area contributed by atoms with Crippen molar-refractivity contribution in [1.29, 1.82) is 0 Å². The van der Waals surface area contributed by atoms with Crippen LogP contribution in [0.2, 0.25) is 0 Å². The second-order valence-corrected chi connectivity index (χ2v) is 29.0. The molecule has 0 saturated heterocycles. The maximum atomic E-state index is 15.5. The van der Waals surface area contributed by atoms with E-state index in [1.165, 1.54) is 0 Å². The van der Waals surface area contributed by atoms with Crippen molar-refractivity contribution in [1.82, 2.24) is 8.97 Å². The Kier molecular flexibility index (Phi) is 11.5. The third-order valence-electron chi connectivity index (χ3n) is 15.4. The van der Waals surface area contributed by atoms with Gasteiger partial charge in [-0.25, -0.2) is 25.8 Å². The summed E-state index contributed by atoms with van der Waals surface area (Å²) in [5, 5.41) is 3.19. The lowest BCUT2D eigenvalue weighted by Crippen LogP contribution is -2.48. The normalized spacial score (nSPS) is 18.6. The van der Waals surface area contributed by atoms with Crippen LogP contribution in [0.15, 0.2) is 284 Å². The lowest BCUT2D eigenvalue weighted by molar-refractivity contribution is 0.574. The zero-order valence-corrected chi connectivity index (χ0v) is 45.6. The van der Waals surface area contributed by atoms with Crippen LogP contribution in [0.5, 0.6) is 0 Å². The summed E-state index contributed by atoms with van der Waals surface area (Å²) < 4.78 is 88.4. The molecule has 380 valence electrons. The minimum atomic E-state index is -4.05. The Morgan fingerprint density at radius 2 is 0.718 bits per heavy atom. The summed E-state index contributed by atoms with van der Waals surface area (Å²) in [5.41, 5.74) is 5.28. The minimum Gasteiger partial charge on any atom is -0.309 e. The van der Waals surface area contributed by atoms with Gasteiger partial charge in [-0.2, -0.15) is 9.98 Å². The molecular weight excluding hydrogens is 1050 g/mol. The van der Waals surface area contributed by atoms with Gasteiger partial charge in [-0.3, -0.25) is 0 Å². The second-order valence-electron chi connectivity index (χ2n) is 19.7. The Labute approximate surface area is 453 Å². The number of fused-ring (bicyclic) bond motifs is 4. The SMILES string of the molecule is C[N+]12C(c3ccccc3)=Nc3cc(P(=O)(c4ccccc4)c4ccccc4)cc(c31)S(=O)(=O)c1ccccc12.C[N+]12C(c3ccccc3)=Nc3ccc(P(=O)(c4ccccc4)c4ccccc4)c(c31)S(=O)(=O)c1ccccc12. The molecule has 10 aromatic carbocycles. The monoisotopic (exact) mass is 1090 g/mol. The first kappa shape index (κ1) is 49.4. The second kappa shape index (κ2) is 18.2. The van der Waals surface area contributed by atoms with Crippen LogP contribution >= 0.6 is 14.3 Å². The largest absolute Gasteiger partial charge is 0.309 e. The molecule has 0 spiro atoms. The minimum absolute atomic E-state index is 0.0709. The van der Waals surface area contributed by atoms with Crippen LogP contribution in [0.1, 0.15) is 11.1 Å². The van der Waals surface area contributed by atoms with E-state index in [2.05, 4.69) is 0 Å². The van der Waals surface area contributed by atoms with E-state index in [4.69, 9.17) is 9.98 Å². The molecule has 4 aliphatic heterocycles. The van der Waals surface area contributed by atoms with Gasteiger partial charge in [0.15, 0.2) is 37.0 Å². The van der Waals surface area contributed by atoms with Gasteiger partial charge in [-0.1, -0.05) is 182 Å². The first-order chi connectivity index (χ1) is 37.7. The summed E-state index contributed by atoms with van der Waals surface area (Å²) >= 11 is 0. The predicted octanol–water partition coefficient (Wildman–Crippen LogP) is 11.7. The number of hydrogen-bond donors (Lipinski definition) is 0. The number of hydrogen-bond acceptors (Lipinski definition) is 8. The number of para-hydroxylation sites is 2. The zero-order chi connectivity index (χ0) is 53.7. The van der Waals surface area contributed by atoms with Crippen LogP contribution in [0.4, 0.5) is 34.1 Å². The van der Waals surface area contributed by atoms with Crippen LogP contribution in [-0.4, -0.2) is 42.6 Å². The van der Waals surface area contributed by atoms with Gasteiger partial charge in [0, 0.05) is 44.0 Å².